The lowest BCUT2D eigenvalue weighted by molar-refractivity contribution is 0.0690. The SMILES string of the molecule is CCN(CC)c1cc(C(=O)O)nc(-c2ccncc2)n1. The Hall–Kier alpha value is -2.50. The Bertz CT molecular complexity index is 597. The van der Waals surface area contributed by atoms with Gasteiger partial charge in [0.25, 0.3) is 0 Å². The van der Waals surface area contributed by atoms with E-state index >= 15 is 0 Å². The third-order valence-corrected chi connectivity index (χ3v) is 2.96. The van der Waals surface area contributed by atoms with Gasteiger partial charge in [-0.1, -0.05) is 0 Å². The molecule has 6 heteroatoms. The van der Waals surface area contributed by atoms with Crippen LogP contribution in [0.2, 0.25) is 0 Å². The summed E-state index contributed by atoms with van der Waals surface area (Å²) in [5.41, 5.74) is 0.741. The largest absolute Gasteiger partial charge is 0.477 e. The Kier molecular flexibility index (Phi) is 4.24. The van der Waals surface area contributed by atoms with Crippen molar-refractivity contribution in [2.75, 3.05) is 18.0 Å². The Morgan fingerprint density at radius 3 is 2.40 bits per heavy atom. The van der Waals surface area contributed by atoms with Gasteiger partial charge in [0.1, 0.15) is 5.82 Å². The summed E-state index contributed by atoms with van der Waals surface area (Å²) in [5.74, 6) is -0.0421. The number of carboxylic acids is 1. The van der Waals surface area contributed by atoms with E-state index in [4.69, 9.17) is 0 Å². The van der Waals surface area contributed by atoms with E-state index in [-0.39, 0.29) is 5.69 Å². The quantitative estimate of drug-likeness (QED) is 0.897. The second-order valence-corrected chi connectivity index (χ2v) is 4.15. The van der Waals surface area contributed by atoms with Crippen LogP contribution < -0.4 is 4.90 Å². The van der Waals surface area contributed by atoms with Crippen molar-refractivity contribution in [2.45, 2.75) is 13.8 Å². The maximum absolute atomic E-state index is 11.2. The molecule has 2 heterocycles. The van der Waals surface area contributed by atoms with E-state index in [0.717, 1.165) is 18.7 Å². The van der Waals surface area contributed by atoms with E-state index in [1.54, 1.807) is 24.5 Å². The normalized spacial score (nSPS) is 10.3. The molecule has 0 aromatic carbocycles. The van der Waals surface area contributed by atoms with Crippen LogP contribution in [-0.4, -0.2) is 39.1 Å². The van der Waals surface area contributed by atoms with E-state index in [9.17, 15) is 9.90 Å². The standard InChI is InChI=1S/C14H16N4O2/c1-3-18(4-2)12-9-11(14(19)20)16-13(17-12)10-5-7-15-8-6-10/h5-9H,3-4H2,1-2H3,(H,19,20). The molecular formula is C14H16N4O2. The van der Waals surface area contributed by atoms with Gasteiger partial charge in [-0.15, -0.1) is 0 Å². The van der Waals surface area contributed by atoms with Gasteiger partial charge in [0.2, 0.25) is 0 Å². The van der Waals surface area contributed by atoms with Crippen LogP contribution in [0.25, 0.3) is 11.4 Å². The highest BCUT2D eigenvalue weighted by Gasteiger charge is 2.14. The van der Waals surface area contributed by atoms with Gasteiger partial charge in [-0.05, 0) is 26.0 Å². The van der Waals surface area contributed by atoms with Gasteiger partial charge in [0.15, 0.2) is 11.5 Å². The summed E-state index contributed by atoms with van der Waals surface area (Å²) in [7, 11) is 0. The zero-order chi connectivity index (χ0) is 14.5. The lowest BCUT2D eigenvalue weighted by Gasteiger charge is -2.20. The number of aromatic carboxylic acids is 1. The molecular weight excluding hydrogens is 256 g/mol. The zero-order valence-corrected chi connectivity index (χ0v) is 11.4. The molecule has 0 saturated carbocycles. The summed E-state index contributed by atoms with van der Waals surface area (Å²) in [6.07, 6.45) is 3.26. The van der Waals surface area contributed by atoms with Gasteiger partial charge < -0.3 is 10.0 Å². The molecule has 0 saturated heterocycles. The molecule has 0 unspecified atom stereocenters. The van der Waals surface area contributed by atoms with Gasteiger partial charge in [0.05, 0.1) is 0 Å². The third-order valence-electron chi connectivity index (χ3n) is 2.96. The summed E-state index contributed by atoms with van der Waals surface area (Å²) >= 11 is 0. The molecule has 0 bridgehead atoms. The maximum atomic E-state index is 11.2. The van der Waals surface area contributed by atoms with E-state index in [0.29, 0.717) is 11.6 Å². The Labute approximate surface area is 117 Å². The lowest BCUT2D eigenvalue weighted by atomic mass is 10.2. The molecule has 0 radical (unpaired) electrons. The number of aromatic nitrogens is 3. The fourth-order valence-corrected chi connectivity index (χ4v) is 1.88. The van der Waals surface area contributed by atoms with E-state index in [1.165, 1.54) is 6.07 Å². The lowest BCUT2D eigenvalue weighted by Crippen LogP contribution is -2.24. The van der Waals surface area contributed by atoms with Crippen molar-refractivity contribution in [3.8, 4) is 11.4 Å². The summed E-state index contributed by atoms with van der Waals surface area (Å²) in [5, 5.41) is 9.19. The maximum Gasteiger partial charge on any atom is 0.354 e. The molecule has 0 aliphatic rings. The molecule has 0 amide bonds. The van der Waals surface area contributed by atoms with E-state index in [1.807, 2.05) is 18.7 Å². The Morgan fingerprint density at radius 2 is 1.85 bits per heavy atom. The van der Waals surface area contributed by atoms with Crippen molar-refractivity contribution in [3.63, 3.8) is 0 Å². The smallest absolute Gasteiger partial charge is 0.354 e. The first kappa shape index (κ1) is 13.9. The highest BCUT2D eigenvalue weighted by atomic mass is 16.4. The van der Waals surface area contributed by atoms with Gasteiger partial charge in [0, 0.05) is 37.1 Å². The summed E-state index contributed by atoms with van der Waals surface area (Å²) in [4.78, 5) is 25.7. The first-order valence-electron chi connectivity index (χ1n) is 6.43. The second kappa shape index (κ2) is 6.10. The number of pyridine rings is 1. The summed E-state index contributed by atoms with van der Waals surface area (Å²) in [6, 6.07) is 5.01. The van der Waals surface area contributed by atoms with Crippen molar-refractivity contribution >= 4 is 11.8 Å². The fourth-order valence-electron chi connectivity index (χ4n) is 1.88. The number of rotatable bonds is 5. The Balaban J connectivity index is 2.55. The molecule has 1 N–H and O–H groups in total. The Morgan fingerprint density at radius 1 is 1.20 bits per heavy atom. The number of carbonyl (C=O) groups is 1. The third kappa shape index (κ3) is 2.90. The first-order valence-corrected chi connectivity index (χ1v) is 6.43. The number of hydrogen-bond donors (Lipinski definition) is 1. The van der Waals surface area contributed by atoms with Crippen LogP contribution in [-0.2, 0) is 0 Å². The van der Waals surface area contributed by atoms with Crippen LogP contribution in [0.5, 0.6) is 0 Å². The van der Waals surface area contributed by atoms with Crippen LogP contribution in [0, 0.1) is 0 Å². The molecule has 2 rings (SSSR count). The first-order chi connectivity index (χ1) is 9.65. The molecule has 2 aromatic rings. The molecule has 0 spiro atoms. The minimum absolute atomic E-state index is 0.00582. The number of anilines is 1. The topological polar surface area (TPSA) is 79.2 Å². The minimum atomic E-state index is -1.06. The molecule has 0 aliphatic heterocycles. The van der Waals surface area contributed by atoms with E-state index < -0.39 is 5.97 Å². The fraction of sp³-hybridized carbons (Fsp3) is 0.286. The molecule has 104 valence electrons. The van der Waals surface area contributed by atoms with Crippen molar-refractivity contribution in [1.82, 2.24) is 15.0 Å². The number of nitrogens with zero attached hydrogens (tertiary/aromatic N) is 4. The minimum Gasteiger partial charge on any atom is -0.477 e. The highest BCUT2D eigenvalue weighted by Crippen LogP contribution is 2.19. The highest BCUT2D eigenvalue weighted by molar-refractivity contribution is 5.87. The molecule has 2 aromatic heterocycles. The van der Waals surface area contributed by atoms with Gasteiger partial charge >= 0.3 is 5.97 Å². The summed E-state index contributed by atoms with van der Waals surface area (Å²) in [6.45, 7) is 5.50. The monoisotopic (exact) mass is 272 g/mol. The van der Waals surface area contributed by atoms with Crippen LogP contribution in [0.15, 0.2) is 30.6 Å². The van der Waals surface area contributed by atoms with Crippen molar-refractivity contribution < 1.29 is 9.90 Å². The second-order valence-electron chi connectivity index (χ2n) is 4.15. The average Bonchev–Trinajstić information content (AvgIpc) is 2.49. The van der Waals surface area contributed by atoms with Gasteiger partial charge in [-0.2, -0.15) is 0 Å². The number of hydrogen-bond acceptors (Lipinski definition) is 5. The van der Waals surface area contributed by atoms with Gasteiger partial charge in [-0.25, -0.2) is 14.8 Å². The molecule has 20 heavy (non-hydrogen) atoms. The van der Waals surface area contributed by atoms with Crippen LogP contribution in [0.3, 0.4) is 0 Å². The van der Waals surface area contributed by atoms with Crippen LogP contribution in [0.1, 0.15) is 24.3 Å². The van der Waals surface area contributed by atoms with E-state index in [2.05, 4.69) is 15.0 Å². The van der Waals surface area contributed by atoms with Crippen molar-refractivity contribution in [3.05, 3.63) is 36.3 Å². The molecule has 6 nitrogen and oxygen atoms in total. The van der Waals surface area contributed by atoms with Crippen molar-refractivity contribution in [2.24, 2.45) is 0 Å². The molecule has 0 atom stereocenters. The number of carboxylic acid groups (broad SMARTS) is 1. The zero-order valence-electron chi connectivity index (χ0n) is 11.4. The summed E-state index contributed by atoms with van der Waals surface area (Å²) < 4.78 is 0. The average molecular weight is 272 g/mol. The van der Waals surface area contributed by atoms with Crippen molar-refractivity contribution in [1.29, 1.82) is 0 Å². The van der Waals surface area contributed by atoms with Crippen LogP contribution >= 0.6 is 0 Å². The molecule has 0 aliphatic carbocycles. The van der Waals surface area contributed by atoms with Crippen LogP contribution in [0.4, 0.5) is 5.82 Å². The predicted molar refractivity (Wildman–Crippen MR) is 75.8 cm³/mol. The predicted octanol–water partition coefficient (Wildman–Crippen LogP) is 2.08. The van der Waals surface area contributed by atoms with Gasteiger partial charge in [-0.3, -0.25) is 4.98 Å². The molecule has 0 fully saturated rings.